The zero-order valence-corrected chi connectivity index (χ0v) is 17.2. The minimum Gasteiger partial charge on any atom is -0.494 e. The van der Waals surface area contributed by atoms with Gasteiger partial charge >= 0.3 is 0 Å². The third kappa shape index (κ3) is 3.83. The van der Waals surface area contributed by atoms with E-state index in [0.717, 1.165) is 48.2 Å². The molecule has 3 heterocycles. The molecule has 2 aromatic rings. The van der Waals surface area contributed by atoms with E-state index < -0.39 is 0 Å². The lowest BCUT2D eigenvalue weighted by molar-refractivity contribution is -0.131. The quantitative estimate of drug-likeness (QED) is 0.849. The Bertz CT molecular complexity index is 815. The summed E-state index contributed by atoms with van der Waals surface area (Å²) >= 11 is 1.51. The number of likely N-dealkylation sites (tertiary alicyclic amines) is 1. The average molecular weight is 402 g/mol. The molecule has 28 heavy (non-hydrogen) atoms. The highest BCUT2D eigenvalue weighted by Crippen LogP contribution is 2.38. The van der Waals surface area contributed by atoms with E-state index in [1.165, 1.54) is 24.6 Å². The van der Waals surface area contributed by atoms with Crippen molar-refractivity contribution in [3.63, 3.8) is 0 Å². The third-order valence-electron chi connectivity index (χ3n) is 5.31. The molecule has 0 unspecified atom stereocenters. The molecule has 2 atom stereocenters. The maximum atomic E-state index is 13.5. The van der Waals surface area contributed by atoms with Crippen LogP contribution in [0.15, 0.2) is 29.4 Å². The number of nitrogens with zero attached hydrogens (tertiary/aromatic N) is 4. The predicted octanol–water partition coefficient (Wildman–Crippen LogP) is 3.15. The minimum absolute atomic E-state index is 0.154. The summed E-state index contributed by atoms with van der Waals surface area (Å²) in [5.41, 5.74) is 4.54. The summed E-state index contributed by atoms with van der Waals surface area (Å²) in [6, 6.07) is 7.85. The first kappa shape index (κ1) is 19.1. The van der Waals surface area contributed by atoms with Crippen LogP contribution in [0.25, 0.3) is 0 Å². The molecule has 0 spiro atoms. The molecule has 1 fully saturated rings. The number of benzene rings is 1. The highest BCUT2D eigenvalue weighted by molar-refractivity contribution is 8.00. The number of ether oxygens (including phenoxy) is 1. The van der Waals surface area contributed by atoms with Gasteiger partial charge < -0.3 is 15.1 Å². The number of thioether (sulfide) groups is 1. The average Bonchev–Trinajstić information content (AvgIpc) is 2.92. The molecule has 0 bridgehead atoms. The fourth-order valence-corrected chi connectivity index (χ4v) is 5.02. The number of carbonyl (C=O) groups excluding carboxylic acids is 1. The van der Waals surface area contributed by atoms with Crippen molar-refractivity contribution in [3.8, 4) is 5.75 Å². The lowest BCUT2D eigenvalue weighted by Gasteiger charge is -2.35. The first-order valence-electron chi connectivity index (χ1n) is 10.0. The summed E-state index contributed by atoms with van der Waals surface area (Å²) in [5, 5.41) is 8.88. The van der Waals surface area contributed by atoms with Crippen molar-refractivity contribution < 1.29 is 9.53 Å². The van der Waals surface area contributed by atoms with E-state index in [1.807, 2.05) is 47.7 Å². The SMILES string of the molecule is CCOc1ccc([C@@H]2Nn3c(C)nnc3S[C@@H]2C(=O)N2CCCCCC2)cc1. The van der Waals surface area contributed by atoms with Crippen LogP contribution >= 0.6 is 11.8 Å². The van der Waals surface area contributed by atoms with Crippen LogP contribution in [0.4, 0.5) is 0 Å². The number of carbonyl (C=O) groups is 1. The predicted molar refractivity (Wildman–Crippen MR) is 109 cm³/mol. The third-order valence-corrected chi connectivity index (χ3v) is 6.51. The van der Waals surface area contributed by atoms with Crippen molar-refractivity contribution >= 4 is 17.7 Å². The maximum absolute atomic E-state index is 13.5. The van der Waals surface area contributed by atoms with Crippen LogP contribution in [0.3, 0.4) is 0 Å². The van der Waals surface area contributed by atoms with Gasteiger partial charge in [0.25, 0.3) is 0 Å². The Kier molecular flexibility index (Phi) is 5.75. The second-order valence-corrected chi connectivity index (χ2v) is 8.36. The maximum Gasteiger partial charge on any atom is 0.238 e. The van der Waals surface area contributed by atoms with Gasteiger partial charge in [-0.3, -0.25) is 4.79 Å². The van der Waals surface area contributed by atoms with Crippen LogP contribution in [0.2, 0.25) is 0 Å². The van der Waals surface area contributed by atoms with Gasteiger partial charge in [-0.25, -0.2) is 4.68 Å². The summed E-state index contributed by atoms with van der Waals surface area (Å²) < 4.78 is 7.46. The first-order chi connectivity index (χ1) is 13.7. The van der Waals surface area contributed by atoms with Crippen LogP contribution in [0.1, 0.15) is 50.0 Å². The van der Waals surface area contributed by atoms with Gasteiger partial charge in [0.05, 0.1) is 12.6 Å². The van der Waals surface area contributed by atoms with E-state index in [-0.39, 0.29) is 17.2 Å². The summed E-state index contributed by atoms with van der Waals surface area (Å²) in [5.74, 6) is 1.82. The Hall–Kier alpha value is -2.22. The van der Waals surface area contributed by atoms with Gasteiger partial charge in [-0.05, 0) is 44.4 Å². The largest absolute Gasteiger partial charge is 0.494 e. The smallest absolute Gasteiger partial charge is 0.238 e. The van der Waals surface area contributed by atoms with Crippen molar-refractivity contribution in [2.75, 3.05) is 25.1 Å². The molecule has 1 aromatic carbocycles. The minimum atomic E-state index is -0.271. The van der Waals surface area contributed by atoms with Crippen LogP contribution < -0.4 is 10.2 Å². The molecule has 0 radical (unpaired) electrons. The second-order valence-electron chi connectivity index (χ2n) is 7.25. The topological polar surface area (TPSA) is 72.3 Å². The van der Waals surface area contributed by atoms with Crippen molar-refractivity contribution in [1.29, 1.82) is 0 Å². The van der Waals surface area contributed by atoms with Crippen LogP contribution in [-0.2, 0) is 4.79 Å². The fraction of sp³-hybridized carbons (Fsp3) is 0.550. The fourth-order valence-electron chi connectivity index (χ4n) is 3.81. The summed E-state index contributed by atoms with van der Waals surface area (Å²) in [6.07, 6.45) is 4.57. The Morgan fingerprint density at radius 2 is 1.89 bits per heavy atom. The van der Waals surface area contributed by atoms with E-state index in [4.69, 9.17) is 4.74 Å². The number of aryl methyl sites for hydroxylation is 1. The Balaban J connectivity index is 1.63. The van der Waals surface area contributed by atoms with Gasteiger partial charge in [-0.15, -0.1) is 10.2 Å². The number of amides is 1. The van der Waals surface area contributed by atoms with Crippen molar-refractivity contribution in [2.45, 2.75) is 56.0 Å². The molecular formula is C20H27N5O2S. The van der Waals surface area contributed by atoms with E-state index in [2.05, 4.69) is 15.6 Å². The van der Waals surface area contributed by atoms with Gasteiger partial charge in [0.1, 0.15) is 16.8 Å². The molecule has 1 N–H and O–H groups in total. The molecule has 2 aliphatic rings. The number of nitrogens with one attached hydrogen (secondary N) is 1. The molecule has 1 aromatic heterocycles. The number of hydrogen-bond donors (Lipinski definition) is 1. The Labute approximate surface area is 169 Å². The zero-order valence-electron chi connectivity index (χ0n) is 16.4. The van der Waals surface area contributed by atoms with Gasteiger partial charge in [0.2, 0.25) is 11.1 Å². The van der Waals surface area contributed by atoms with Crippen LogP contribution in [0, 0.1) is 6.92 Å². The van der Waals surface area contributed by atoms with Crippen molar-refractivity contribution in [2.24, 2.45) is 0 Å². The first-order valence-corrected chi connectivity index (χ1v) is 10.9. The Morgan fingerprint density at radius 1 is 1.18 bits per heavy atom. The molecule has 8 heteroatoms. The number of fused-ring (bicyclic) bond motifs is 1. The molecule has 150 valence electrons. The van der Waals surface area contributed by atoms with Gasteiger partial charge in [0.15, 0.2) is 0 Å². The van der Waals surface area contributed by atoms with E-state index in [1.54, 1.807) is 0 Å². The molecule has 1 amide bonds. The standard InChI is InChI=1S/C20H27N5O2S/c1-3-27-16-10-8-15(9-11-16)17-18(19(26)24-12-6-4-5-7-13-24)28-20-22-21-14(2)25(20)23-17/h8-11,17-18,23H,3-7,12-13H2,1-2H3/t17-,18-/m0/s1. The molecule has 2 aliphatic heterocycles. The molecule has 1 saturated heterocycles. The normalized spacial score (nSPS) is 22.1. The van der Waals surface area contributed by atoms with Crippen molar-refractivity contribution in [3.05, 3.63) is 35.7 Å². The monoisotopic (exact) mass is 401 g/mol. The Morgan fingerprint density at radius 3 is 2.57 bits per heavy atom. The van der Waals surface area contributed by atoms with Gasteiger partial charge in [-0.2, -0.15) is 0 Å². The highest BCUT2D eigenvalue weighted by atomic mass is 32.2. The summed E-state index contributed by atoms with van der Waals surface area (Å²) in [7, 11) is 0. The summed E-state index contributed by atoms with van der Waals surface area (Å²) in [6.45, 7) is 6.21. The van der Waals surface area contributed by atoms with Crippen LogP contribution in [0.5, 0.6) is 5.75 Å². The van der Waals surface area contributed by atoms with Gasteiger partial charge in [0, 0.05) is 13.1 Å². The lowest BCUT2D eigenvalue weighted by atomic mass is 10.0. The van der Waals surface area contributed by atoms with Crippen molar-refractivity contribution in [1.82, 2.24) is 19.8 Å². The molecule has 7 nitrogen and oxygen atoms in total. The number of hydrogen-bond acceptors (Lipinski definition) is 6. The zero-order chi connectivity index (χ0) is 19.5. The second kappa shape index (κ2) is 8.43. The van der Waals surface area contributed by atoms with E-state index in [0.29, 0.717) is 6.61 Å². The number of rotatable bonds is 4. The lowest BCUT2D eigenvalue weighted by Crippen LogP contribution is -2.46. The molecule has 4 rings (SSSR count). The van der Waals surface area contributed by atoms with E-state index in [9.17, 15) is 4.79 Å². The highest BCUT2D eigenvalue weighted by Gasteiger charge is 2.39. The van der Waals surface area contributed by atoms with E-state index >= 15 is 0 Å². The van der Waals surface area contributed by atoms with Gasteiger partial charge in [-0.1, -0.05) is 36.7 Å². The molecular weight excluding hydrogens is 374 g/mol. The van der Waals surface area contributed by atoms with Crippen LogP contribution in [-0.4, -0.2) is 50.6 Å². The summed E-state index contributed by atoms with van der Waals surface area (Å²) in [4.78, 5) is 15.5. The molecule has 0 saturated carbocycles. The number of aromatic nitrogens is 3. The molecule has 0 aliphatic carbocycles.